The lowest BCUT2D eigenvalue weighted by molar-refractivity contribution is 0.102. The Labute approximate surface area is 164 Å². The monoisotopic (exact) mass is 398 g/mol. The molecule has 28 heavy (non-hydrogen) atoms. The fourth-order valence-corrected chi connectivity index (χ4v) is 4.92. The van der Waals surface area contributed by atoms with Gasteiger partial charge >= 0.3 is 0 Å². The van der Waals surface area contributed by atoms with Gasteiger partial charge < -0.3 is 9.72 Å². The van der Waals surface area contributed by atoms with E-state index in [1.165, 1.54) is 10.4 Å². The lowest BCUT2D eigenvalue weighted by Crippen LogP contribution is -2.35. The van der Waals surface area contributed by atoms with Crippen molar-refractivity contribution in [2.24, 2.45) is 0 Å². The van der Waals surface area contributed by atoms with Gasteiger partial charge in [0.15, 0.2) is 0 Å². The average molecular weight is 398 g/mol. The molecule has 1 saturated heterocycles. The number of benzene rings is 1. The highest BCUT2D eigenvalue weighted by atomic mass is 32.2. The molecule has 2 aromatic heterocycles. The van der Waals surface area contributed by atoms with Gasteiger partial charge in [-0.15, -0.1) is 0 Å². The highest BCUT2D eigenvalue weighted by molar-refractivity contribution is 7.89. The highest BCUT2D eigenvalue weighted by Crippen LogP contribution is 2.25. The number of piperidine rings is 1. The van der Waals surface area contributed by atoms with Crippen LogP contribution in [0.2, 0.25) is 0 Å². The molecule has 0 saturated carbocycles. The molecule has 1 aliphatic rings. The largest absolute Gasteiger partial charge is 0.320 e. The molecule has 8 heteroatoms. The van der Waals surface area contributed by atoms with Crippen molar-refractivity contribution >= 4 is 27.3 Å². The van der Waals surface area contributed by atoms with Gasteiger partial charge in [0.25, 0.3) is 5.91 Å². The van der Waals surface area contributed by atoms with Crippen LogP contribution in [0.4, 0.5) is 5.69 Å². The molecule has 1 fully saturated rings. The van der Waals surface area contributed by atoms with Crippen LogP contribution in [0.1, 0.15) is 35.3 Å². The van der Waals surface area contributed by atoms with Crippen LogP contribution in [0.3, 0.4) is 0 Å². The van der Waals surface area contributed by atoms with Gasteiger partial charge in [0.05, 0.1) is 4.90 Å². The van der Waals surface area contributed by atoms with Crippen molar-refractivity contribution in [1.82, 2.24) is 13.7 Å². The normalized spacial score (nSPS) is 15.6. The minimum atomic E-state index is -3.56. The Balaban J connectivity index is 1.61. The second kappa shape index (κ2) is 7.37. The molecule has 0 bridgehead atoms. The maximum Gasteiger partial charge on any atom is 0.275 e. The van der Waals surface area contributed by atoms with Crippen molar-refractivity contribution in [3.05, 3.63) is 60.0 Å². The summed E-state index contributed by atoms with van der Waals surface area (Å²) >= 11 is 0. The Morgan fingerprint density at radius 1 is 1.11 bits per heavy atom. The number of rotatable bonds is 4. The Kier molecular flexibility index (Phi) is 4.91. The topological polar surface area (TPSA) is 83.8 Å². The minimum Gasteiger partial charge on any atom is -0.320 e. The maximum atomic E-state index is 12.9. The second-order valence-electron chi connectivity index (χ2n) is 6.99. The molecule has 0 atom stereocenters. The van der Waals surface area contributed by atoms with E-state index < -0.39 is 10.0 Å². The predicted octanol–water partition coefficient (Wildman–Crippen LogP) is 3.07. The van der Waals surface area contributed by atoms with Crippen molar-refractivity contribution in [1.29, 1.82) is 0 Å². The average Bonchev–Trinajstić information content (AvgIpc) is 3.14. The van der Waals surface area contributed by atoms with Crippen LogP contribution < -0.4 is 5.32 Å². The molecule has 3 aromatic rings. The third-order valence-corrected chi connectivity index (χ3v) is 6.90. The smallest absolute Gasteiger partial charge is 0.275 e. The van der Waals surface area contributed by atoms with E-state index in [-0.39, 0.29) is 16.5 Å². The Morgan fingerprint density at radius 3 is 2.64 bits per heavy atom. The first-order valence-electron chi connectivity index (χ1n) is 9.31. The number of aryl methyl sites for hydroxylation is 1. The number of hydrogen-bond acceptors (Lipinski definition) is 4. The molecule has 7 nitrogen and oxygen atoms in total. The zero-order chi connectivity index (χ0) is 19.7. The van der Waals surface area contributed by atoms with Gasteiger partial charge in [-0.2, -0.15) is 4.31 Å². The Hall–Kier alpha value is -2.71. The van der Waals surface area contributed by atoms with Crippen LogP contribution in [-0.2, 0) is 10.0 Å². The number of sulfonamides is 1. The maximum absolute atomic E-state index is 12.9. The first kappa shape index (κ1) is 18.6. The lowest BCUT2D eigenvalue weighted by atomic mass is 10.2. The molecule has 0 aliphatic carbocycles. The van der Waals surface area contributed by atoms with E-state index >= 15 is 0 Å². The molecule has 3 heterocycles. The van der Waals surface area contributed by atoms with Crippen molar-refractivity contribution < 1.29 is 13.2 Å². The summed E-state index contributed by atoms with van der Waals surface area (Å²) in [6.07, 6.45) is 6.27. The number of carbonyl (C=O) groups is 1. The minimum absolute atomic E-state index is 0.199. The summed E-state index contributed by atoms with van der Waals surface area (Å²) in [6.45, 7) is 2.91. The van der Waals surface area contributed by atoms with Crippen LogP contribution in [0.5, 0.6) is 0 Å². The van der Waals surface area contributed by atoms with Gasteiger partial charge in [-0.25, -0.2) is 13.4 Å². The van der Waals surface area contributed by atoms with E-state index in [4.69, 9.17) is 0 Å². The summed E-state index contributed by atoms with van der Waals surface area (Å²) in [5, 5.41) is 2.81. The summed E-state index contributed by atoms with van der Waals surface area (Å²) < 4.78 is 29.1. The summed E-state index contributed by atoms with van der Waals surface area (Å²) in [6, 6.07) is 10.4. The zero-order valence-corrected chi connectivity index (χ0v) is 16.4. The van der Waals surface area contributed by atoms with Crippen molar-refractivity contribution in [3.63, 3.8) is 0 Å². The number of imidazole rings is 1. The van der Waals surface area contributed by atoms with Crippen molar-refractivity contribution in [2.45, 2.75) is 31.1 Å². The van der Waals surface area contributed by atoms with Gasteiger partial charge in [0, 0.05) is 31.2 Å². The molecule has 0 unspecified atom stereocenters. The van der Waals surface area contributed by atoms with Crippen molar-refractivity contribution in [3.8, 4) is 0 Å². The van der Waals surface area contributed by atoms with Gasteiger partial charge in [0.1, 0.15) is 11.3 Å². The summed E-state index contributed by atoms with van der Waals surface area (Å²) in [4.78, 5) is 17.2. The Bertz CT molecular complexity index is 1100. The molecular weight excluding hydrogens is 376 g/mol. The predicted molar refractivity (Wildman–Crippen MR) is 107 cm³/mol. The van der Waals surface area contributed by atoms with Gasteiger partial charge in [-0.1, -0.05) is 18.6 Å². The number of nitrogens with zero attached hydrogens (tertiary/aromatic N) is 3. The van der Waals surface area contributed by atoms with Crippen molar-refractivity contribution in [2.75, 3.05) is 18.4 Å². The molecule has 1 N–H and O–H groups in total. The number of hydrogen-bond donors (Lipinski definition) is 1. The molecule has 1 amide bonds. The number of amides is 1. The van der Waals surface area contributed by atoms with Crippen LogP contribution in [0, 0.1) is 6.92 Å². The molecule has 0 radical (unpaired) electrons. The summed E-state index contributed by atoms with van der Waals surface area (Å²) in [5.74, 6) is -0.376. The molecular formula is C20H22N4O3S. The Morgan fingerprint density at radius 2 is 1.89 bits per heavy atom. The van der Waals surface area contributed by atoms with Crippen LogP contribution in [0.25, 0.3) is 5.65 Å². The van der Waals surface area contributed by atoms with E-state index in [9.17, 15) is 13.2 Å². The van der Waals surface area contributed by atoms with Gasteiger partial charge in [-0.3, -0.25) is 4.79 Å². The van der Waals surface area contributed by atoms with E-state index in [1.807, 2.05) is 31.3 Å². The fraction of sp³-hybridized carbons (Fsp3) is 0.300. The summed E-state index contributed by atoms with van der Waals surface area (Å²) in [5.41, 5.74) is 2.20. The first-order chi connectivity index (χ1) is 13.4. The first-order valence-corrected chi connectivity index (χ1v) is 10.7. The van der Waals surface area contributed by atoms with E-state index in [0.29, 0.717) is 24.4 Å². The number of aromatic nitrogens is 2. The zero-order valence-electron chi connectivity index (χ0n) is 15.6. The third kappa shape index (κ3) is 3.53. The van der Waals surface area contributed by atoms with E-state index in [1.54, 1.807) is 22.7 Å². The number of carbonyl (C=O) groups excluding carboxylic acids is 1. The van der Waals surface area contributed by atoms with Crippen LogP contribution >= 0.6 is 0 Å². The van der Waals surface area contributed by atoms with Gasteiger partial charge in [0.2, 0.25) is 10.0 Å². The lowest BCUT2D eigenvalue weighted by Gasteiger charge is -2.26. The SMILES string of the molecule is Cc1ccc(S(=O)(=O)N2CCCCC2)cc1NC(=O)c1cn2ccccc2n1. The summed E-state index contributed by atoms with van der Waals surface area (Å²) in [7, 11) is -3.56. The number of anilines is 1. The quantitative estimate of drug-likeness (QED) is 0.732. The number of nitrogens with one attached hydrogen (secondary N) is 1. The number of pyridine rings is 1. The van der Waals surface area contributed by atoms with Crippen LogP contribution in [-0.4, -0.2) is 41.1 Å². The van der Waals surface area contributed by atoms with Gasteiger partial charge in [-0.05, 0) is 49.6 Å². The molecule has 0 spiro atoms. The number of fused-ring (bicyclic) bond motifs is 1. The van der Waals surface area contributed by atoms with E-state index in [0.717, 1.165) is 24.8 Å². The van der Waals surface area contributed by atoms with E-state index in [2.05, 4.69) is 10.3 Å². The van der Waals surface area contributed by atoms with Crippen LogP contribution in [0.15, 0.2) is 53.7 Å². The molecule has 146 valence electrons. The second-order valence-corrected chi connectivity index (χ2v) is 8.93. The molecule has 1 aliphatic heterocycles. The third-order valence-electron chi connectivity index (χ3n) is 5.01. The molecule has 4 rings (SSSR count). The fourth-order valence-electron chi connectivity index (χ4n) is 3.38. The standard InChI is InChI=1S/C20H22N4O3S/c1-15-8-9-16(28(26,27)24-11-4-2-5-12-24)13-17(15)22-20(25)18-14-23-10-6-3-7-19(23)21-18/h3,6-10,13-14H,2,4-5,11-12H2,1H3,(H,22,25). The highest BCUT2D eigenvalue weighted by Gasteiger charge is 2.26. The molecule has 1 aromatic carbocycles.